The van der Waals surface area contributed by atoms with Gasteiger partial charge in [0.1, 0.15) is 5.82 Å². The highest BCUT2D eigenvalue weighted by Crippen LogP contribution is 2.37. The number of rotatable bonds is 0. The second kappa shape index (κ2) is 3.29. The molecule has 1 saturated heterocycles. The molecule has 15 heavy (non-hydrogen) atoms. The first-order chi connectivity index (χ1) is 7.27. The summed E-state index contributed by atoms with van der Waals surface area (Å²) in [5.41, 5.74) is 8.09. The molecule has 80 valence electrons. The van der Waals surface area contributed by atoms with E-state index in [0.29, 0.717) is 0 Å². The summed E-state index contributed by atoms with van der Waals surface area (Å²) in [6, 6.07) is 5.80. The zero-order chi connectivity index (χ0) is 10.4. The van der Waals surface area contributed by atoms with Crippen molar-refractivity contribution in [3.05, 3.63) is 35.1 Å². The molecule has 2 heterocycles. The summed E-state index contributed by atoms with van der Waals surface area (Å²) < 4.78 is 13.6. The molecule has 1 fully saturated rings. The summed E-state index contributed by atoms with van der Waals surface area (Å²) in [5.74, 6) is -0.0637. The SMILES string of the molecule is NC1CCN2CCc3c(F)cccc3C12. The van der Waals surface area contributed by atoms with Gasteiger partial charge in [0, 0.05) is 19.1 Å². The third-order valence-corrected chi connectivity index (χ3v) is 3.67. The van der Waals surface area contributed by atoms with Gasteiger partial charge in [-0.1, -0.05) is 12.1 Å². The molecule has 1 aromatic carbocycles. The van der Waals surface area contributed by atoms with Crippen LogP contribution in [0.15, 0.2) is 18.2 Å². The van der Waals surface area contributed by atoms with Crippen LogP contribution >= 0.6 is 0 Å². The maximum absolute atomic E-state index is 13.6. The Labute approximate surface area is 88.9 Å². The van der Waals surface area contributed by atoms with Gasteiger partial charge in [-0.15, -0.1) is 0 Å². The number of hydrogen-bond donors (Lipinski definition) is 1. The highest BCUT2D eigenvalue weighted by Gasteiger charge is 2.37. The fourth-order valence-electron chi connectivity index (χ4n) is 2.93. The standard InChI is InChI=1S/C12H15FN2/c13-10-3-1-2-9-8(10)4-6-15-7-5-11(14)12(9)15/h1-3,11-12H,4-7,14H2. The van der Waals surface area contributed by atoms with Crippen LogP contribution in [-0.4, -0.2) is 24.0 Å². The third kappa shape index (κ3) is 1.30. The lowest BCUT2D eigenvalue weighted by molar-refractivity contribution is 0.231. The van der Waals surface area contributed by atoms with Crippen LogP contribution in [0.2, 0.25) is 0 Å². The molecule has 2 N–H and O–H groups in total. The molecule has 2 aliphatic rings. The molecule has 2 atom stereocenters. The molecular formula is C12H15FN2. The zero-order valence-electron chi connectivity index (χ0n) is 8.62. The summed E-state index contributed by atoms with van der Waals surface area (Å²) >= 11 is 0. The maximum Gasteiger partial charge on any atom is 0.126 e. The Morgan fingerprint density at radius 2 is 2.20 bits per heavy atom. The van der Waals surface area contributed by atoms with Gasteiger partial charge >= 0.3 is 0 Å². The number of hydrogen-bond acceptors (Lipinski definition) is 2. The van der Waals surface area contributed by atoms with Crippen molar-refractivity contribution < 1.29 is 4.39 Å². The average Bonchev–Trinajstić information content (AvgIpc) is 2.61. The quantitative estimate of drug-likeness (QED) is 0.696. The first kappa shape index (κ1) is 9.31. The van der Waals surface area contributed by atoms with E-state index >= 15 is 0 Å². The Kier molecular flexibility index (Phi) is 2.04. The Balaban J connectivity index is 2.10. The van der Waals surface area contributed by atoms with Crippen LogP contribution in [0.25, 0.3) is 0 Å². The van der Waals surface area contributed by atoms with Crippen molar-refractivity contribution in [1.29, 1.82) is 0 Å². The molecule has 0 bridgehead atoms. The molecule has 2 unspecified atom stereocenters. The van der Waals surface area contributed by atoms with Crippen molar-refractivity contribution in [2.24, 2.45) is 5.73 Å². The zero-order valence-corrected chi connectivity index (χ0v) is 8.62. The summed E-state index contributed by atoms with van der Waals surface area (Å²) in [4.78, 5) is 2.38. The van der Waals surface area contributed by atoms with Crippen molar-refractivity contribution in [3.63, 3.8) is 0 Å². The van der Waals surface area contributed by atoms with E-state index in [0.717, 1.165) is 37.1 Å². The molecule has 0 radical (unpaired) electrons. The molecule has 0 amide bonds. The molecule has 0 aromatic heterocycles. The lowest BCUT2D eigenvalue weighted by Gasteiger charge is -2.33. The van der Waals surface area contributed by atoms with Gasteiger partial charge in [0.2, 0.25) is 0 Å². The Morgan fingerprint density at radius 1 is 1.33 bits per heavy atom. The Bertz CT molecular complexity index is 391. The Hall–Kier alpha value is -0.930. The van der Waals surface area contributed by atoms with Crippen LogP contribution in [0, 0.1) is 5.82 Å². The van der Waals surface area contributed by atoms with Crippen molar-refractivity contribution in [2.45, 2.75) is 24.9 Å². The van der Waals surface area contributed by atoms with E-state index in [-0.39, 0.29) is 17.9 Å². The fourth-order valence-corrected chi connectivity index (χ4v) is 2.93. The fraction of sp³-hybridized carbons (Fsp3) is 0.500. The molecule has 1 aromatic rings. The van der Waals surface area contributed by atoms with Crippen LogP contribution in [0.4, 0.5) is 4.39 Å². The predicted octanol–water partition coefficient (Wildman–Crippen LogP) is 1.46. The minimum atomic E-state index is -0.0637. The van der Waals surface area contributed by atoms with Crippen LogP contribution in [0.1, 0.15) is 23.6 Å². The van der Waals surface area contributed by atoms with Gasteiger partial charge in [-0.3, -0.25) is 4.90 Å². The monoisotopic (exact) mass is 206 g/mol. The molecule has 2 aliphatic heterocycles. The smallest absolute Gasteiger partial charge is 0.126 e. The van der Waals surface area contributed by atoms with E-state index in [1.54, 1.807) is 12.1 Å². The van der Waals surface area contributed by atoms with Crippen LogP contribution in [0.5, 0.6) is 0 Å². The van der Waals surface area contributed by atoms with Gasteiger partial charge in [0.25, 0.3) is 0 Å². The molecule has 0 spiro atoms. The minimum absolute atomic E-state index is 0.0637. The predicted molar refractivity (Wildman–Crippen MR) is 57.0 cm³/mol. The van der Waals surface area contributed by atoms with Gasteiger partial charge in [0.15, 0.2) is 0 Å². The summed E-state index contributed by atoms with van der Waals surface area (Å²) in [7, 11) is 0. The lowest BCUT2D eigenvalue weighted by Crippen LogP contribution is -2.37. The van der Waals surface area contributed by atoms with Gasteiger partial charge in [-0.05, 0) is 30.0 Å². The molecule has 3 heteroatoms. The highest BCUT2D eigenvalue weighted by atomic mass is 19.1. The lowest BCUT2D eigenvalue weighted by atomic mass is 9.90. The largest absolute Gasteiger partial charge is 0.326 e. The van der Waals surface area contributed by atoms with Crippen molar-refractivity contribution in [2.75, 3.05) is 13.1 Å². The van der Waals surface area contributed by atoms with E-state index < -0.39 is 0 Å². The number of fused-ring (bicyclic) bond motifs is 3. The Morgan fingerprint density at radius 3 is 3.07 bits per heavy atom. The topological polar surface area (TPSA) is 29.3 Å². The summed E-state index contributed by atoms with van der Waals surface area (Å²) in [5, 5.41) is 0. The molecular weight excluding hydrogens is 191 g/mol. The molecule has 2 nitrogen and oxygen atoms in total. The number of nitrogens with zero attached hydrogens (tertiary/aromatic N) is 1. The van der Waals surface area contributed by atoms with E-state index in [9.17, 15) is 4.39 Å². The summed E-state index contributed by atoms with van der Waals surface area (Å²) in [6.45, 7) is 2.01. The van der Waals surface area contributed by atoms with E-state index in [1.807, 2.05) is 6.07 Å². The van der Waals surface area contributed by atoms with Gasteiger partial charge in [0.05, 0.1) is 6.04 Å². The van der Waals surface area contributed by atoms with Crippen LogP contribution in [0.3, 0.4) is 0 Å². The first-order valence-corrected chi connectivity index (χ1v) is 5.54. The van der Waals surface area contributed by atoms with Gasteiger partial charge < -0.3 is 5.73 Å². The highest BCUT2D eigenvalue weighted by molar-refractivity contribution is 5.35. The van der Waals surface area contributed by atoms with E-state index in [4.69, 9.17) is 5.73 Å². The normalized spacial score (nSPS) is 30.0. The summed E-state index contributed by atoms with van der Waals surface area (Å²) in [6.07, 6.45) is 1.85. The first-order valence-electron chi connectivity index (χ1n) is 5.54. The van der Waals surface area contributed by atoms with E-state index in [2.05, 4.69) is 4.90 Å². The number of nitrogens with two attached hydrogens (primary N) is 1. The maximum atomic E-state index is 13.6. The van der Waals surface area contributed by atoms with Crippen LogP contribution < -0.4 is 5.73 Å². The average molecular weight is 206 g/mol. The van der Waals surface area contributed by atoms with Crippen molar-refractivity contribution in [1.82, 2.24) is 4.90 Å². The minimum Gasteiger partial charge on any atom is -0.326 e. The van der Waals surface area contributed by atoms with Crippen molar-refractivity contribution >= 4 is 0 Å². The molecule has 3 rings (SSSR count). The van der Waals surface area contributed by atoms with Crippen molar-refractivity contribution in [3.8, 4) is 0 Å². The third-order valence-electron chi connectivity index (χ3n) is 3.67. The molecule has 0 saturated carbocycles. The van der Waals surface area contributed by atoms with Gasteiger partial charge in [-0.25, -0.2) is 4.39 Å². The van der Waals surface area contributed by atoms with Gasteiger partial charge in [-0.2, -0.15) is 0 Å². The number of halogens is 1. The molecule has 0 aliphatic carbocycles. The second-order valence-corrected chi connectivity index (χ2v) is 4.49. The number of benzene rings is 1. The van der Waals surface area contributed by atoms with E-state index in [1.165, 1.54) is 0 Å². The van der Waals surface area contributed by atoms with Crippen LogP contribution in [-0.2, 0) is 6.42 Å². The second-order valence-electron chi connectivity index (χ2n) is 4.49.